The Morgan fingerprint density at radius 3 is 1.55 bits per heavy atom. The summed E-state index contributed by atoms with van der Waals surface area (Å²) < 4.78 is 120. The average molecular weight is 379 g/mol. The summed E-state index contributed by atoms with van der Waals surface area (Å²) in [4.78, 5) is 10.6. The predicted octanol–water partition coefficient (Wildman–Crippen LogP) is 1.69. The Morgan fingerprint density at radius 1 is 1.00 bits per heavy atom. The SMILES string of the molecule is CC(=O)OC(C)C[C-](S(=O)(=O)C(F)(F)F)S(=O)(=O)C(F)(F)F. The summed E-state index contributed by atoms with van der Waals surface area (Å²) in [6, 6.07) is 0. The van der Waals surface area contributed by atoms with E-state index < -0.39 is 53.8 Å². The minimum Gasteiger partial charge on any atom is -0.466 e. The minimum absolute atomic E-state index is 0.735. The van der Waals surface area contributed by atoms with Crippen molar-refractivity contribution >= 4 is 25.6 Å². The van der Waals surface area contributed by atoms with Crippen molar-refractivity contribution in [2.75, 3.05) is 0 Å². The number of alkyl halides is 6. The highest BCUT2D eigenvalue weighted by Crippen LogP contribution is 2.42. The van der Waals surface area contributed by atoms with E-state index in [-0.39, 0.29) is 0 Å². The third-order valence-electron chi connectivity index (χ3n) is 2.03. The molecule has 0 radical (unpaired) electrons. The molecule has 14 heteroatoms. The fourth-order valence-corrected chi connectivity index (χ4v) is 4.33. The lowest BCUT2D eigenvalue weighted by atomic mass is 10.3. The molecule has 1 atom stereocenters. The monoisotopic (exact) mass is 379 g/mol. The van der Waals surface area contributed by atoms with Crippen molar-refractivity contribution in [2.24, 2.45) is 0 Å². The Bertz CT molecular complexity index is 572. The molecule has 0 bridgehead atoms. The topological polar surface area (TPSA) is 94.6 Å². The number of rotatable bonds is 5. The first-order valence-electron chi connectivity index (χ1n) is 5.10. The van der Waals surface area contributed by atoms with Crippen LogP contribution in [0.1, 0.15) is 20.3 Å². The van der Waals surface area contributed by atoms with Crippen molar-refractivity contribution in [1.82, 2.24) is 0 Å². The van der Waals surface area contributed by atoms with Crippen molar-refractivity contribution in [2.45, 2.75) is 37.4 Å². The standard InChI is InChI=1S/C8H9F6O6S2/c1-4(20-5(2)15)3-6(21(16,17)7(9,10)11)22(18,19)8(12,13)14/h4H,3H2,1-2H3/q-1. The molecule has 0 aliphatic heterocycles. The molecule has 0 aliphatic rings. The van der Waals surface area contributed by atoms with E-state index in [1.54, 1.807) is 0 Å². The zero-order valence-corrected chi connectivity index (χ0v) is 12.5. The fraction of sp³-hybridized carbons (Fsp3) is 0.750. The lowest BCUT2D eigenvalue weighted by Gasteiger charge is -2.33. The molecule has 0 heterocycles. The number of hydrogen-bond donors (Lipinski definition) is 0. The Balaban J connectivity index is 6.01. The van der Waals surface area contributed by atoms with E-state index in [0.29, 0.717) is 0 Å². The van der Waals surface area contributed by atoms with E-state index in [1.807, 2.05) is 0 Å². The van der Waals surface area contributed by atoms with E-state index in [2.05, 4.69) is 4.74 Å². The van der Waals surface area contributed by atoms with Crippen LogP contribution in [0.3, 0.4) is 0 Å². The maximum Gasteiger partial charge on any atom is 0.469 e. The first-order valence-corrected chi connectivity index (χ1v) is 8.07. The molecule has 0 saturated heterocycles. The van der Waals surface area contributed by atoms with E-state index in [4.69, 9.17) is 0 Å². The number of ether oxygens (including phenoxy) is 1. The molecule has 0 rings (SSSR count). The van der Waals surface area contributed by atoms with Crippen LogP contribution in [0.25, 0.3) is 0 Å². The van der Waals surface area contributed by atoms with Crippen LogP contribution in [-0.4, -0.2) is 39.9 Å². The number of carbonyl (C=O) groups excluding carboxylic acids is 1. The Hall–Kier alpha value is -1.05. The maximum absolute atomic E-state index is 12.4. The van der Waals surface area contributed by atoms with Gasteiger partial charge in [-0.3, -0.25) is 21.6 Å². The number of esters is 1. The highest BCUT2D eigenvalue weighted by atomic mass is 32.3. The number of sulfone groups is 2. The Labute approximate surface area is 121 Å². The molecule has 0 aromatic heterocycles. The molecule has 0 aromatic carbocycles. The Morgan fingerprint density at radius 2 is 1.32 bits per heavy atom. The van der Waals surface area contributed by atoms with E-state index >= 15 is 0 Å². The minimum atomic E-state index is -6.79. The molecule has 132 valence electrons. The van der Waals surface area contributed by atoms with Crippen molar-refractivity contribution in [3.8, 4) is 0 Å². The molecular formula is C8H9F6O6S2-. The van der Waals surface area contributed by atoms with Crippen molar-refractivity contribution in [1.29, 1.82) is 0 Å². The van der Waals surface area contributed by atoms with Crippen molar-refractivity contribution < 1.29 is 52.7 Å². The maximum atomic E-state index is 12.4. The predicted molar refractivity (Wildman–Crippen MR) is 59.0 cm³/mol. The molecule has 0 amide bonds. The van der Waals surface area contributed by atoms with E-state index in [1.165, 1.54) is 0 Å². The van der Waals surface area contributed by atoms with Crippen molar-refractivity contribution in [3.05, 3.63) is 4.58 Å². The van der Waals surface area contributed by atoms with Gasteiger partial charge in [0.1, 0.15) is 19.7 Å². The van der Waals surface area contributed by atoms with Crippen LogP contribution in [-0.2, 0) is 29.2 Å². The van der Waals surface area contributed by atoms with Gasteiger partial charge in [0.05, 0.1) is 6.10 Å². The highest BCUT2D eigenvalue weighted by Gasteiger charge is 2.53. The lowest BCUT2D eigenvalue weighted by molar-refractivity contribution is -0.145. The summed E-state index contributed by atoms with van der Waals surface area (Å²) in [6.07, 6.45) is -3.65. The van der Waals surface area contributed by atoms with Crippen LogP contribution < -0.4 is 0 Å². The van der Waals surface area contributed by atoms with Crippen LogP contribution in [0.15, 0.2) is 0 Å². The van der Waals surface area contributed by atoms with Crippen LogP contribution in [0, 0.1) is 4.58 Å². The Kier molecular flexibility index (Phi) is 5.92. The number of hydrogen-bond acceptors (Lipinski definition) is 6. The van der Waals surface area contributed by atoms with Crippen LogP contribution in [0.4, 0.5) is 26.3 Å². The molecule has 0 N–H and O–H groups in total. The second-order valence-electron chi connectivity index (χ2n) is 3.89. The zero-order valence-electron chi connectivity index (χ0n) is 10.8. The van der Waals surface area contributed by atoms with Gasteiger partial charge in [-0.15, -0.1) is 6.42 Å². The van der Waals surface area contributed by atoms with Crippen molar-refractivity contribution in [3.63, 3.8) is 0 Å². The fourth-order valence-electron chi connectivity index (χ4n) is 1.18. The summed E-state index contributed by atoms with van der Waals surface area (Å²) in [6.45, 7) is 1.48. The highest BCUT2D eigenvalue weighted by molar-refractivity contribution is 8.13. The first-order chi connectivity index (χ1) is 9.44. The van der Waals surface area contributed by atoms with Gasteiger partial charge in [0.15, 0.2) is 0 Å². The third kappa shape index (κ3) is 4.47. The quantitative estimate of drug-likeness (QED) is 0.410. The lowest BCUT2D eigenvalue weighted by Crippen LogP contribution is -2.41. The molecule has 22 heavy (non-hydrogen) atoms. The second-order valence-corrected chi connectivity index (χ2v) is 8.08. The van der Waals surface area contributed by atoms with Gasteiger partial charge in [-0.05, 0) is 6.92 Å². The van der Waals surface area contributed by atoms with Gasteiger partial charge < -0.3 is 4.74 Å². The summed E-state index contributed by atoms with van der Waals surface area (Å²) in [5.74, 6) is -1.15. The van der Waals surface area contributed by atoms with E-state index in [0.717, 1.165) is 13.8 Å². The van der Waals surface area contributed by atoms with E-state index in [9.17, 15) is 48.0 Å². The van der Waals surface area contributed by atoms with Crippen LogP contribution in [0.5, 0.6) is 0 Å². The van der Waals surface area contributed by atoms with Crippen LogP contribution >= 0.6 is 0 Å². The molecule has 0 fully saturated rings. The first kappa shape index (κ1) is 20.9. The summed E-state index contributed by atoms with van der Waals surface area (Å²) in [5.41, 5.74) is -12.5. The number of carbonyl (C=O) groups is 1. The van der Waals surface area contributed by atoms with Crippen LogP contribution in [0.2, 0.25) is 0 Å². The van der Waals surface area contributed by atoms with Gasteiger partial charge in [0.25, 0.3) is 0 Å². The summed E-state index contributed by atoms with van der Waals surface area (Å²) in [7, 11) is -13.6. The van der Waals surface area contributed by atoms with Gasteiger partial charge in [0, 0.05) is 6.92 Å². The van der Waals surface area contributed by atoms with Gasteiger partial charge in [0.2, 0.25) is 0 Å². The molecule has 0 spiro atoms. The normalized spacial score (nSPS) is 15.7. The average Bonchev–Trinajstić information content (AvgIpc) is 2.20. The summed E-state index contributed by atoms with van der Waals surface area (Å²) in [5, 5.41) is 0. The number of halogens is 6. The molecule has 0 aliphatic carbocycles. The largest absolute Gasteiger partial charge is 0.469 e. The second kappa shape index (κ2) is 6.22. The smallest absolute Gasteiger partial charge is 0.466 e. The third-order valence-corrected chi connectivity index (χ3v) is 6.10. The summed E-state index contributed by atoms with van der Waals surface area (Å²) >= 11 is 0. The van der Waals surface area contributed by atoms with Gasteiger partial charge in [-0.2, -0.15) is 26.3 Å². The van der Waals surface area contributed by atoms with Gasteiger partial charge >= 0.3 is 17.0 Å². The van der Waals surface area contributed by atoms with Gasteiger partial charge in [-0.1, -0.05) is 4.58 Å². The zero-order chi connectivity index (χ0) is 18.1. The molecule has 0 aromatic rings. The molecule has 0 saturated carbocycles. The van der Waals surface area contributed by atoms with Gasteiger partial charge in [-0.25, -0.2) is 0 Å². The molecule has 1 unspecified atom stereocenters. The molecule has 6 nitrogen and oxygen atoms in total. The molecular weight excluding hydrogens is 370 g/mol.